The lowest BCUT2D eigenvalue weighted by atomic mass is 10.0. The van der Waals surface area contributed by atoms with Crippen molar-refractivity contribution in [2.45, 2.75) is 26.7 Å². The van der Waals surface area contributed by atoms with Gasteiger partial charge in [-0.15, -0.1) is 0 Å². The van der Waals surface area contributed by atoms with Gasteiger partial charge in [-0.1, -0.05) is 23.8 Å². The van der Waals surface area contributed by atoms with E-state index in [2.05, 4.69) is 31.2 Å². The summed E-state index contributed by atoms with van der Waals surface area (Å²) in [6.07, 6.45) is 2.11. The van der Waals surface area contributed by atoms with E-state index < -0.39 is 0 Å². The van der Waals surface area contributed by atoms with Gasteiger partial charge in [0.2, 0.25) is 0 Å². The van der Waals surface area contributed by atoms with E-state index in [9.17, 15) is 0 Å². The molecule has 2 rings (SSSR count). The molecule has 0 fully saturated rings. The van der Waals surface area contributed by atoms with E-state index in [4.69, 9.17) is 5.26 Å². The van der Waals surface area contributed by atoms with E-state index in [-0.39, 0.29) is 0 Å². The summed E-state index contributed by atoms with van der Waals surface area (Å²) in [6, 6.07) is 8.77. The van der Waals surface area contributed by atoms with Gasteiger partial charge < -0.3 is 0 Å². The van der Waals surface area contributed by atoms with Crippen LogP contribution in [0.25, 0.3) is 5.57 Å². The van der Waals surface area contributed by atoms with E-state index in [0.29, 0.717) is 0 Å². The first-order chi connectivity index (χ1) is 6.72. The zero-order valence-corrected chi connectivity index (χ0v) is 8.59. The highest BCUT2D eigenvalue weighted by Crippen LogP contribution is 2.34. The molecule has 0 spiro atoms. The van der Waals surface area contributed by atoms with Crippen LogP contribution in [-0.2, 0) is 6.42 Å². The zero-order valence-electron chi connectivity index (χ0n) is 8.59. The molecule has 0 aromatic heterocycles. The van der Waals surface area contributed by atoms with Crippen LogP contribution in [0.3, 0.4) is 0 Å². The first-order valence-corrected chi connectivity index (χ1v) is 4.92. The molecule has 1 nitrogen and oxygen atoms in total. The fourth-order valence-corrected chi connectivity index (χ4v) is 2.04. The quantitative estimate of drug-likeness (QED) is 0.566. The van der Waals surface area contributed by atoms with Crippen molar-refractivity contribution in [2.24, 2.45) is 0 Å². The second kappa shape index (κ2) is 3.31. The number of allylic oxidation sites excluding steroid dienone is 2. The molecule has 1 heteroatoms. The molecule has 0 radical (unpaired) electrons. The van der Waals surface area contributed by atoms with Crippen molar-refractivity contribution in [2.75, 3.05) is 0 Å². The maximum absolute atomic E-state index is 8.88. The average Bonchev–Trinajstić information content (AvgIpc) is 2.59. The highest BCUT2D eigenvalue weighted by molar-refractivity contribution is 5.77. The Hall–Kier alpha value is -1.55. The maximum atomic E-state index is 8.88. The number of hydrogen-bond acceptors (Lipinski definition) is 1. The minimum Gasteiger partial charge on any atom is -0.193 e. The average molecular weight is 183 g/mol. The first-order valence-electron chi connectivity index (χ1n) is 4.92. The fraction of sp³-hybridized carbons (Fsp3) is 0.308. The van der Waals surface area contributed by atoms with Crippen molar-refractivity contribution in [3.8, 4) is 6.07 Å². The van der Waals surface area contributed by atoms with Crippen molar-refractivity contribution in [1.82, 2.24) is 0 Å². The fourth-order valence-electron chi connectivity index (χ4n) is 2.04. The molecule has 1 aromatic carbocycles. The Labute approximate surface area is 84.7 Å². The van der Waals surface area contributed by atoms with E-state index in [1.165, 1.54) is 22.3 Å². The Kier molecular flexibility index (Phi) is 2.13. The standard InChI is InChI=1S/C13H13N/c1-9-3-4-11-5-6-12(10(2)8-14)13(11)7-9/h3-4,7H,5-6H2,1-2H3/b12-10+. The third kappa shape index (κ3) is 1.33. The molecule has 0 atom stereocenters. The highest BCUT2D eigenvalue weighted by atomic mass is 14.3. The molecule has 0 saturated carbocycles. The summed E-state index contributed by atoms with van der Waals surface area (Å²) >= 11 is 0. The molecule has 14 heavy (non-hydrogen) atoms. The van der Waals surface area contributed by atoms with Gasteiger partial charge in [0.05, 0.1) is 6.07 Å². The normalized spacial score (nSPS) is 17.5. The molecule has 0 N–H and O–H groups in total. The van der Waals surface area contributed by atoms with Crippen LogP contribution in [0.1, 0.15) is 30.0 Å². The van der Waals surface area contributed by atoms with Gasteiger partial charge in [-0.2, -0.15) is 5.26 Å². The molecular formula is C13H13N. The predicted octanol–water partition coefficient (Wildman–Crippen LogP) is 3.24. The van der Waals surface area contributed by atoms with Gasteiger partial charge in [0, 0.05) is 5.57 Å². The second-order valence-electron chi connectivity index (χ2n) is 3.88. The first kappa shape index (κ1) is 9.02. The lowest BCUT2D eigenvalue weighted by Crippen LogP contribution is -1.84. The zero-order chi connectivity index (χ0) is 10.1. The molecule has 0 heterocycles. The Morgan fingerprint density at radius 3 is 2.86 bits per heavy atom. The third-order valence-corrected chi connectivity index (χ3v) is 2.86. The van der Waals surface area contributed by atoms with E-state index in [1.807, 2.05) is 6.92 Å². The number of rotatable bonds is 0. The smallest absolute Gasteiger partial charge is 0.0947 e. The van der Waals surface area contributed by atoms with Gasteiger partial charge in [-0.05, 0) is 43.4 Å². The van der Waals surface area contributed by atoms with Crippen LogP contribution in [0.5, 0.6) is 0 Å². The van der Waals surface area contributed by atoms with Crippen LogP contribution in [0, 0.1) is 18.3 Å². The van der Waals surface area contributed by atoms with Crippen LogP contribution < -0.4 is 0 Å². The Bertz CT molecular complexity index is 447. The summed E-state index contributed by atoms with van der Waals surface area (Å²) < 4.78 is 0. The van der Waals surface area contributed by atoms with Gasteiger partial charge in [0.1, 0.15) is 0 Å². The maximum Gasteiger partial charge on any atom is 0.0947 e. The van der Waals surface area contributed by atoms with Crippen molar-refractivity contribution >= 4 is 5.57 Å². The second-order valence-corrected chi connectivity index (χ2v) is 3.88. The summed E-state index contributed by atoms with van der Waals surface area (Å²) in [5, 5.41) is 8.88. The molecule has 0 amide bonds. The molecule has 1 aliphatic carbocycles. The van der Waals surface area contributed by atoms with Crippen molar-refractivity contribution in [3.05, 3.63) is 40.5 Å². The SMILES string of the molecule is C/C(C#N)=C1/CCc2ccc(C)cc21. The molecule has 1 aromatic rings. The Balaban J connectivity index is 2.60. The van der Waals surface area contributed by atoms with Crippen LogP contribution in [0.4, 0.5) is 0 Å². The van der Waals surface area contributed by atoms with E-state index in [1.54, 1.807) is 0 Å². The topological polar surface area (TPSA) is 23.8 Å². The van der Waals surface area contributed by atoms with Crippen molar-refractivity contribution < 1.29 is 0 Å². The Morgan fingerprint density at radius 1 is 1.36 bits per heavy atom. The van der Waals surface area contributed by atoms with Crippen LogP contribution in [0.2, 0.25) is 0 Å². The molecule has 70 valence electrons. The molecular weight excluding hydrogens is 170 g/mol. The molecule has 1 aliphatic rings. The summed E-state index contributed by atoms with van der Waals surface area (Å²) in [5.74, 6) is 0. The van der Waals surface area contributed by atoms with E-state index >= 15 is 0 Å². The predicted molar refractivity (Wildman–Crippen MR) is 57.7 cm³/mol. The van der Waals surface area contributed by atoms with Gasteiger partial charge in [0.15, 0.2) is 0 Å². The van der Waals surface area contributed by atoms with Crippen molar-refractivity contribution in [1.29, 1.82) is 5.26 Å². The number of hydrogen-bond donors (Lipinski definition) is 0. The van der Waals surface area contributed by atoms with Crippen LogP contribution >= 0.6 is 0 Å². The van der Waals surface area contributed by atoms with Gasteiger partial charge in [-0.25, -0.2) is 0 Å². The van der Waals surface area contributed by atoms with Gasteiger partial charge in [0.25, 0.3) is 0 Å². The number of aryl methyl sites for hydroxylation is 2. The van der Waals surface area contributed by atoms with Crippen LogP contribution in [-0.4, -0.2) is 0 Å². The molecule has 0 saturated heterocycles. The lowest BCUT2D eigenvalue weighted by Gasteiger charge is -2.03. The summed E-state index contributed by atoms with van der Waals surface area (Å²) in [6.45, 7) is 4.00. The minimum atomic E-state index is 0.870. The number of benzene rings is 1. The van der Waals surface area contributed by atoms with Crippen LogP contribution in [0.15, 0.2) is 23.8 Å². The molecule has 0 bridgehead atoms. The monoisotopic (exact) mass is 183 g/mol. The Morgan fingerprint density at radius 2 is 2.14 bits per heavy atom. The lowest BCUT2D eigenvalue weighted by molar-refractivity contribution is 1.08. The summed E-state index contributed by atoms with van der Waals surface area (Å²) in [4.78, 5) is 0. The summed E-state index contributed by atoms with van der Waals surface area (Å²) in [5.41, 5.74) is 6.07. The number of nitriles is 1. The molecule has 0 aliphatic heterocycles. The third-order valence-electron chi connectivity index (χ3n) is 2.86. The molecule has 0 unspecified atom stereocenters. The highest BCUT2D eigenvalue weighted by Gasteiger charge is 2.17. The largest absolute Gasteiger partial charge is 0.193 e. The van der Waals surface area contributed by atoms with E-state index in [0.717, 1.165) is 18.4 Å². The van der Waals surface area contributed by atoms with Gasteiger partial charge in [-0.3, -0.25) is 0 Å². The van der Waals surface area contributed by atoms with Crippen molar-refractivity contribution in [3.63, 3.8) is 0 Å². The number of nitrogens with zero attached hydrogens (tertiary/aromatic N) is 1. The van der Waals surface area contributed by atoms with Gasteiger partial charge >= 0.3 is 0 Å². The number of fused-ring (bicyclic) bond motifs is 1. The minimum absolute atomic E-state index is 0.870. The summed E-state index contributed by atoms with van der Waals surface area (Å²) in [7, 11) is 0.